The van der Waals surface area contributed by atoms with Crippen LogP contribution in [0.2, 0.25) is 0 Å². The van der Waals surface area contributed by atoms with Gasteiger partial charge in [0.2, 0.25) is 5.91 Å². The fourth-order valence-electron chi connectivity index (χ4n) is 5.48. The Bertz CT molecular complexity index is 1280. The average Bonchev–Trinajstić information content (AvgIpc) is 2.87. The third kappa shape index (κ3) is 6.05. The third-order valence-corrected chi connectivity index (χ3v) is 8.57. The number of amides is 1. The van der Waals surface area contributed by atoms with E-state index >= 15 is 0 Å². The van der Waals surface area contributed by atoms with Gasteiger partial charge in [-0.3, -0.25) is 9.59 Å². The number of alkyl halides is 6. The SMILES string of the molecule is COC(=O)C12CCC(NC(=O)C=Cc3ccc(Sc4cccc(N)c4)c(C(F)(F)F)c3C(F)(F)F)(CC1)CC2. The molecule has 2 aromatic carbocycles. The summed E-state index contributed by atoms with van der Waals surface area (Å²) in [5.74, 6) is -1.01. The number of esters is 1. The van der Waals surface area contributed by atoms with E-state index in [4.69, 9.17) is 10.5 Å². The van der Waals surface area contributed by atoms with Crippen LogP contribution in [0.3, 0.4) is 0 Å². The number of rotatable bonds is 6. The fraction of sp³-hybridized carbons (Fsp3) is 0.407. The van der Waals surface area contributed by atoms with E-state index in [0.29, 0.717) is 50.3 Å². The van der Waals surface area contributed by atoms with E-state index in [9.17, 15) is 35.9 Å². The van der Waals surface area contributed by atoms with Gasteiger partial charge >= 0.3 is 18.3 Å². The van der Waals surface area contributed by atoms with Crippen molar-refractivity contribution >= 4 is 35.4 Å². The van der Waals surface area contributed by atoms with Crippen LogP contribution in [0.4, 0.5) is 32.0 Å². The lowest BCUT2D eigenvalue weighted by Gasteiger charge is -2.51. The van der Waals surface area contributed by atoms with Gasteiger partial charge in [-0.2, -0.15) is 26.3 Å². The molecular formula is C27H26F6N2O3S. The number of hydrogen-bond acceptors (Lipinski definition) is 5. The minimum atomic E-state index is -5.35. The highest BCUT2D eigenvalue weighted by atomic mass is 32.2. The maximum Gasteiger partial charge on any atom is 0.418 e. The third-order valence-electron chi connectivity index (χ3n) is 7.52. The molecular weight excluding hydrogens is 546 g/mol. The van der Waals surface area contributed by atoms with Gasteiger partial charge in [-0.1, -0.05) is 23.9 Å². The zero-order chi connectivity index (χ0) is 28.6. The van der Waals surface area contributed by atoms with Crippen molar-refractivity contribution in [2.75, 3.05) is 12.8 Å². The van der Waals surface area contributed by atoms with Gasteiger partial charge in [-0.15, -0.1) is 0 Å². The Labute approximate surface area is 225 Å². The molecule has 3 N–H and O–H groups in total. The summed E-state index contributed by atoms with van der Waals surface area (Å²) in [5, 5.41) is 2.82. The molecule has 3 aliphatic rings. The molecule has 39 heavy (non-hydrogen) atoms. The predicted molar refractivity (Wildman–Crippen MR) is 133 cm³/mol. The summed E-state index contributed by atoms with van der Waals surface area (Å²) in [6, 6.07) is 7.67. The molecule has 0 aromatic heterocycles. The number of nitrogen functional groups attached to an aromatic ring is 1. The summed E-state index contributed by atoms with van der Waals surface area (Å²) < 4.78 is 89.3. The van der Waals surface area contributed by atoms with Crippen molar-refractivity contribution in [2.24, 2.45) is 5.41 Å². The molecule has 0 unspecified atom stereocenters. The number of methoxy groups -OCH3 is 1. The van der Waals surface area contributed by atoms with Crippen LogP contribution in [-0.2, 0) is 26.7 Å². The first-order chi connectivity index (χ1) is 18.2. The molecule has 0 saturated heterocycles. The first kappa shape index (κ1) is 28.8. The topological polar surface area (TPSA) is 81.4 Å². The minimum Gasteiger partial charge on any atom is -0.469 e. The number of fused-ring (bicyclic) bond motifs is 3. The molecule has 0 aliphatic heterocycles. The zero-order valence-corrected chi connectivity index (χ0v) is 21.7. The summed E-state index contributed by atoms with van der Waals surface area (Å²) in [6.07, 6.45) is -6.12. The highest BCUT2D eigenvalue weighted by Gasteiger charge is 2.53. The average molecular weight is 573 g/mol. The van der Waals surface area contributed by atoms with Crippen molar-refractivity contribution in [3.8, 4) is 0 Å². The van der Waals surface area contributed by atoms with E-state index in [-0.39, 0.29) is 16.6 Å². The van der Waals surface area contributed by atoms with E-state index in [0.717, 1.165) is 24.3 Å². The monoisotopic (exact) mass is 572 g/mol. The van der Waals surface area contributed by atoms with Crippen LogP contribution in [0.5, 0.6) is 0 Å². The largest absolute Gasteiger partial charge is 0.469 e. The lowest BCUT2D eigenvalue weighted by Crippen LogP contribution is -2.58. The number of anilines is 1. The second kappa shape index (κ2) is 10.4. The molecule has 5 nitrogen and oxygen atoms in total. The Balaban J connectivity index is 1.61. The Kier molecular flexibility index (Phi) is 7.72. The van der Waals surface area contributed by atoms with Crippen molar-refractivity contribution in [2.45, 2.75) is 66.2 Å². The minimum absolute atomic E-state index is 0.242. The van der Waals surface area contributed by atoms with E-state index in [1.165, 1.54) is 31.4 Å². The molecule has 0 atom stereocenters. The van der Waals surface area contributed by atoms with Crippen LogP contribution in [-0.4, -0.2) is 24.5 Å². The molecule has 3 saturated carbocycles. The lowest BCUT2D eigenvalue weighted by atomic mass is 9.57. The van der Waals surface area contributed by atoms with Gasteiger partial charge in [0.1, 0.15) is 0 Å². The summed E-state index contributed by atoms with van der Waals surface area (Å²) in [6.45, 7) is 0. The number of nitrogens with one attached hydrogen (secondary N) is 1. The molecule has 3 fully saturated rings. The lowest BCUT2D eigenvalue weighted by molar-refractivity contribution is -0.163. The Morgan fingerprint density at radius 3 is 2.10 bits per heavy atom. The molecule has 0 spiro atoms. The molecule has 0 heterocycles. The number of nitrogens with two attached hydrogens (primary N) is 1. The molecule has 2 aromatic rings. The predicted octanol–water partition coefficient (Wildman–Crippen LogP) is 6.85. The van der Waals surface area contributed by atoms with Gasteiger partial charge in [0.25, 0.3) is 0 Å². The summed E-state index contributed by atoms with van der Waals surface area (Å²) in [7, 11) is 1.32. The summed E-state index contributed by atoms with van der Waals surface area (Å²) in [5.41, 5.74) is 0.216. The first-order valence-electron chi connectivity index (χ1n) is 12.1. The van der Waals surface area contributed by atoms with Crippen LogP contribution in [0.1, 0.15) is 55.2 Å². The maximum atomic E-state index is 14.1. The number of ether oxygens (including phenoxy) is 1. The molecule has 5 rings (SSSR count). The molecule has 1 amide bonds. The Hall–Kier alpha value is -3.15. The van der Waals surface area contributed by atoms with Gasteiger partial charge in [0.05, 0.1) is 23.7 Å². The van der Waals surface area contributed by atoms with Gasteiger partial charge in [0.15, 0.2) is 0 Å². The van der Waals surface area contributed by atoms with Crippen LogP contribution in [0, 0.1) is 5.41 Å². The van der Waals surface area contributed by atoms with Gasteiger partial charge in [0, 0.05) is 27.1 Å². The number of halogens is 6. The molecule has 12 heteroatoms. The fourth-order valence-corrected chi connectivity index (χ4v) is 6.53. The quantitative estimate of drug-likeness (QED) is 0.171. The van der Waals surface area contributed by atoms with E-state index < -0.39 is 50.8 Å². The van der Waals surface area contributed by atoms with Crippen molar-refractivity contribution in [1.82, 2.24) is 5.32 Å². The number of carbonyl (C=O) groups is 2. The summed E-state index contributed by atoms with van der Waals surface area (Å²) in [4.78, 5) is 24.5. The molecule has 0 radical (unpaired) electrons. The van der Waals surface area contributed by atoms with Crippen LogP contribution in [0.25, 0.3) is 6.08 Å². The second-order valence-electron chi connectivity index (χ2n) is 9.95. The molecule has 2 bridgehead atoms. The van der Waals surface area contributed by atoms with Crippen LogP contribution < -0.4 is 11.1 Å². The first-order valence-corrected chi connectivity index (χ1v) is 12.9. The van der Waals surface area contributed by atoms with E-state index in [2.05, 4.69) is 5.32 Å². The van der Waals surface area contributed by atoms with Crippen molar-refractivity contribution in [3.05, 3.63) is 59.2 Å². The van der Waals surface area contributed by atoms with Crippen LogP contribution >= 0.6 is 11.8 Å². The number of benzene rings is 2. The molecule has 210 valence electrons. The van der Waals surface area contributed by atoms with E-state index in [1.807, 2.05) is 0 Å². The Morgan fingerprint density at radius 2 is 1.56 bits per heavy atom. The molecule has 3 aliphatic carbocycles. The highest BCUT2D eigenvalue weighted by Crippen LogP contribution is 2.53. The highest BCUT2D eigenvalue weighted by molar-refractivity contribution is 7.99. The zero-order valence-electron chi connectivity index (χ0n) is 20.8. The number of carbonyl (C=O) groups excluding carboxylic acids is 2. The van der Waals surface area contributed by atoms with Crippen molar-refractivity contribution < 1.29 is 40.7 Å². The van der Waals surface area contributed by atoms with Gasteiger partial charge in [-0.25, -0.2) is 0 Å². The van der Waals surface area contributed by atoms with Crippen LogP contribution in [0.15, 0.2) is 52.3 Å². The number of hydrogen-bond donors (Lipinski definition) is 2. The maximum absolute atomic E-state index is 14.1. The summed E-state index contributed by atoms with van der Waals surface area (Å²) >= 11 is 0.516. The van der Waals surface area contributed by atoms with Gasteiger partial charge < -0.3 is 15.8 Å². The second-order valence-corrected chi connectivity index (χ2v) is 11.1. The van der Waals surface area contributed by atoms with Gasteiger partial charge in [-0.05, 0) is 74.4 Å². The standard InChI is InChI=1S/C27H26F6N2O3S/c1-38-23(37)24-9-12-25(13-10-24,14-11-24)35-20(36)8-6-16-5-7-19(39-18-4-2-3-17(34)15-18)22(27(31,32)33)21(16)26(28,29)30/h2-8,15H,9-14,34H2,1H3,(H,35,36). The Morgan fingerprint density at radius 1 is 0.949 bits per heavy atom. The van der Waals surface area contributed by atoms with Crippen molar-refractivity contribution in [1.29, 1.82) is 0 Å². The smallest absolute Gasteiger partial charge is 0.418 e. The van der Waals surface area contributed by atoms with Crippen molar-refractivity contribution in [3.63, 3.8) is 0 Å². The van der Waals surface area contributed by atoms with E-state index in [1.54, 1.807) is 0 Å². The normalized spacial score (nSPS) is 23.2.